The Balaban J connectivity index is 1.88. The lowest BCUT2D eigenvalue weighted by Gasteiger charge is -2.24. The van der Waals surface area contributed by atoms with E-state index >= 15 is 0 Å². The molecule has 0 amide bonds. The highest BCUT2D eigenvalue weighted by molar-refractivity contribution is 5.82. The molecule has 0 fully saturated rings. The third kappa shape index (κ3) is 3.08. The molecule has 2 aromatic rings. The number of hydrogen-bond donors (Lipinski definition) is 0. The Kier molecular flexibility index (Phi) is 4.46. The van der Waals surface area contributed by atoms with Crippen LogP contribution in [0.1, 0.15) is 29.9 Å². The van der Waals surface area contributed by atoms with E-state index in [1.165, 1.54) is 25.3 Å². The fourth-order valence-electron chi connectivity index (χ4n) is 3.04. The number of nitro benzene ring substituents is 1. The van der Waals surface area contributed by atoms with Crippen LogP contribution in [0.4, 0.5) is 5.69 Å². The zero-order valence-electron chi connectivity index (χ0n) is 13.2. The van der Waals surface area contributed by atoms with Crippen molar-refractivity contribution in [1.29, 1.82) is 0 Å². The molecule has 0 radical (unpaired) electrons. The van der Waals surface area contributed by atoms with Crippen LogP contribution in [0.5, 0.6) is 11.5 Å². The van der Waals surface area contributed by atoms with Crippen LogP contribution in [0.2, 0.25) is 0 Å². The number of carbonyl (C=O) groups is 1. The van der Waals surface area contributed by atoms with Crippen LogP contribution < -0.4 is 9.47 Å². The first kappa shape index (κ1) is 16.0. The summed E-state index contributed by atoms with van der Waals surface area (Å²) in [6, 6.07) is 11.8. The molecular formula is C18H17NO5. The van der Waals surface area contributed by atoms with Crippen LogP contribution in [-0.4, -0.2) is 18.0 Å². The maximum absolute atomic E-state index is 12.6. The van der Waals surface area contributed by atoms with E-state index in [1.807, 2.05) is 24.3 Å². The number of aryl methyl sites for hydroxylation is 1. The summed E-state index contributed by atoms with van der Waals surface area (Å²) < 4.78 is 10.6. The number of fused-ring (bicyclic) bond motifs is 1. The van der Waals surface area contributed by atoms with Gasteiger partial charge in [0.25, 0.3) is 5.69 Å². The second-order valence-corrected chi connectivity index (χ2v) is 5.66. The molecule has 1 aliphatic carbocycles. The van der Waals surface area contributed by atoms with E-state index in [0.717, 1.165) is 24.0 Å². The third-order valence-electron chi connectivity index (χ3n) is 4.22. The van der Waals surface area contributed by atoms with Crippen LogP contribution in [0.15, 0.2) is 42.5 Å². The zero-order valence-corrected chi connectivity index (χ0v) is 13.2. The molecule has 2 aromatic carbocycles. The summed E-state index contributed by atoms with van der Waals surface area (Å²) in [5, 5.41) is 10.9. The van der Waals surface area contributed by atoms with Crippen molar-refractivity contribution in [2.45, 2.75) is 25.2 Å². The molecule has 24 heavy (non-hydrogen) atoms. The highest BCUT2D eigenvalue weighted by Crippen LogP contribution is 2.36. The van der Waals surface area contributed by atoms with E-state index < -0.39 is 10.9 Å². The van der Waals surface area contributed by atoms with Crippen molar-refractivity contribution in [3.05, 3.63) is 63.7 Å². The minimum absolute atomic E-state index is 0.0692. The Labute approximate surface area is 139 Å². The fraction of sp³-hybridized carbons (Fsp3) is 0.278. The van der Waals surface area contributed by atoms with Crippen molar-refractivity contribution in [3.8, 4) is 11.5 Å². The average molecular weight is 327 g/mol. The Hall–Kier alpha value is -2.89. The summed E-state index contributed by atoms with van der Waals surface area (Å²) in [5.41, 5.74) is 1.97. The van der Waals surface area contributed by atoms with Gasteiger partial charge >= 0.3 is 5.97 Å². The van der Waals surface area contributed by atoms with Gasteiger partial charge in [-0.25, -0.2) is 0 Å². The first-order valence-electron chi connectivity index (χ1n) is 7.72. The number of carbonyl (C=O) groups excluding carboxylic acids is 1. The molecule has 1 unspecified atom stereocenters. The smallest absolute Gasteiger partial charge is 0.318 e. The molecule has 6 nitrogen and oxygen atoms in total. The van der Waals surface area contributed by atoms with Gasteiger partial charge < -0.3 is 9.47 Å². The number of esters is 1. The number of ether oxygens (including phenoxy) is 2. The lowest BCUT2D eigenvalue weighted by molar-refractivity contribution is -0.384. The Morgan fingerprint density at radius 3 is 2.75 bits per heavy atom. The van der Waals surface area contributed by atoms with E-state index in [9.17, 15) is 14.9 Å². The first-order chi connectivity index (χ1) is 11.6. The normalized spacial score (nSPS) is 16.1. The second-order valence-electron chi connectivity index (χ2n) is 5.66. The molecule has 6 heteroatoms. The molecule has 0 aromatic heterocycles. The summed E-state index contributed by atoms with van der Waals surface area (Å²) >= 11 is 0. The van der Waals surface area contributed by atoms with Gasteiger partial charge in [-0.3, -0.25) is 14.9 Å². The molecular weight excluding hydrogens is 310 g/mol. The summed E-state index contributed by atoms with van der Waals surface area (Å²) in [4.78, 5) is 23.0. The SMILES string of the molecule is COc1ccc([N+](=O)[O-])cc1OC(=O)C1CCCc2ccccc21. The summed E-state index contributed by atoms with van der Waals surface area (Å²) in [5.74, 6) is -0.419. The quantitative estimate of drug-likeness (QED) is 0.371. The standard InChI is InChI=1S/C18H17NO5/c1-23-16-10-9-13(19(21)22)11-17(16)24-18(20)15-8-4-6-12-5-2-3-7-14(12)15/h2-3,5,7,9-11,15H,4,6,8H2,1H3. The van der Waals surface area contributed by atoms with Gasteiger partial charge in [-0.15, -0.1) is 0 Å². The molecule has 0 heterocycles. The monoisotopic (exact) mass is 327 g/mol. The second kappa shape index (κ2) is 6.70. The van der Waals surface area contributed by atoms with Crippen molar-refractivity contribution in [3.63, 3.8) is 0 Å². The number of benzene rings is 2. The van der Waals surface area contributed by atoms with Gasteiger partial charge in [0.2, 0.25) is 0 Å². The summed E-state index contributed by atoms with van der Waals surface area (Å²) in [6.07, 6.45) is 2.55. The van der Waals surface area contributed by atoms with Gasteiger partial charge in [-0.1, -0.05) is 24.3 Å². The minimum atomic E-state index is -0.535. The van der Waals surface area contributed by atoms with Crippen LogP contribution >= 0.6 is 0 Å². The summed E-state index contributed by atoms with van der Waals surface area (Å²) in [6.45, 7) is 0. The number of rotatable bonds is 4. The zero-order chi connectivity index (χ0) is 17.1. The molecule has 0 spiro atoms. The highest BCUT2D eigenvalue weighted by Gasteiger charge is 2.29. The van der Waals surface area contributed by atoms with E-state index in [1.54, 1.807) is 0 Å². The molecule has 1 atom stereocenters. The molecule has 0 saturated heterocycles. The van der Waals surface area contributed by atoms with Crippen LogP contribution in [0.3, 0.4) is 0 Å². The van der Waals surface area contributed by atoms with Crippen molar-refractivity contribution < 1.29 is 19.2 Å². The highest BCUT2D eigenvalue weighted by atomic mass is 16.6. The van der Waals surface area contributed by atoms with Crippen molar-refractivity contribution in [1.82, 2.24) is 0 Å². The lowest BCUT2D eigenvalue weighted by atomic mass is 9.83. The molecule has 1 aliphatic rings. The molecule has 0 N–H and O–H groups in total. The lowest BCUT2D eigenvalue weighted by Crippen LogP contribution is -2.23. The van der Waals surface area contributed by atoms with Gasteiger partial charge in [0, 0.05) is 6.07 Å². The Morgan fingerprint density at radius 1 is 1.21 bits per heavy atom. The maximum Gasteiger partial charge on any atom is 0.318 e. The number of hydrogen-bond acceptors (Lipinski definition) is 5. The summed E-state index contributed by atoms with van der Waals surface area (Å²) in [7, 11) is 1.43. The third-order valence-corrected chi connectivity index (χ3v) is 4.22. The molecule has 0 aliphatic heterocycles. The average Bonchev–Trinajstić information content (AvgIpc) is 2.61. The van der Waals surface area contributed by atoms with E-state index in [0.29, 0.717) is 6.42 Å². The van der Waals surface area contributed by atoms with E-state index in [4.69, 9.17) is 9.47 Å². The Morgan fingerprint density at radius 2 is 2.00 bits per heavy atom. The molecule has 3 rings (SSSR count). The van der Waals surface area contributed by atoms with Gasteiger partial charge in [0.05, 0.1) is 24.0 Å². The number of nitrogens with zero attached hydrogens (tertiary/aromatic N) is 1. The minimum Gasteiger partial charge on any atom is -0.493 e. The van der Waals surface area contributed by atoms with E-state index in [2.05, 4.69) is 0 Å². The Bertz CT molecular complexity index is 787. The number of methoxy groups -OCH3 is 1. The van der Waals surface area contributed by atoms with Crippen molar-refractivity contribution >= 4 is 11.7 Å². The van der Waals surface area contributed by atoms with Crippen molar-refractivity contribution in [2.75, 3.05) is 7.11 Å². The van der Waals surface area contributed by atoms with Crippen molar-refractivity contribution in [2.24, 2.45) is 0 Å². The van der Waals surface area contributed by atoms with Crippen LogP contribution in [0, 0.1) is 10.1 Å². The van der Waals surface area contributed by atoms with E-state index in [-0.39, 0.29) is 23.1 Å². The maximum atomic E-state index is 12.6. The van der Waals surface area contributed by atoms with Crippen LogP contribution in [-0.2, 0) is 11.2 Å². The molecule has 0 bridgehead atoms. The predicted molar refractivity (Wildman–Crippen MR) is 87.4 cm³/mol. The molecule has 0 saturated carbocycles. The van der Waals surface area contributed by atoms with Gasteiger partial charge in [-0.05, 0) is 36.5 Å². The van der Waals surface area contributed by atoms with Gasteiger partial charge in [0.1, 0.15) is 0 Å². The van der Waals surface area contributed by atoms with Gasteiger partial charge in [-0.2, -0.15) is 0 Å². The predicted octanol–water partition coefficient (Wildman–Crippen LogP) is 3.63. The van der Waals surface area contributed by atoms with Gasteiger partial charge in [0.15, 0.2) is 11.5 Å². The van der Waals surface area contributed by atoms with Crippen LogP contribution in [0.25, 0.3) is 0 Å². The fourth-order valence-corrected chi connectivity index (χ4v) is 3.04. The first-order valence-corrected chi connectivity index (χ1v) is 7.72. The number of nitro groups is 1. The molecule has 124 valence electrons. The number of non-ortho nitro benzene ring substituents is 1. The topological polar surface area (TPSA) is 78.7 Å². The largest absolute Gasteiger partial charge is 0.493 e.